The molecule has 2 amide bonds. The average Bonchev–Trinajstić information content (AvgIpc) is 3.18. The summed E-state index contributed by atoms with van der Waals surface area (Å²) < 4.78 is 41.5. The molecule has 1 fully saturated rings. The third-order valence-corrected chi connectivity index (χ3v) is 4.37. The summed E-state index contributed by atoms with van der Waals surface area (Å²) in [6.45, 7) is 3.08. The first-order valence-corrected chi connectivity index (χ1v) is 7.32. The number of nitrogens with zero attached hydrogens (tertiary/aromatic N) is 2. The van der Waals surface area contributed by atoms with Crippen molar-refractivity contribution in [1.82, 2.24) is 20.4 Å². The van der Waals surface area contributed by atoms with E-state index < -0.39 is 18.2 Å². The van der Waals surface area contributed by atoms with Crippen LogP contribution in [0.3, 0.4) is 0 Å². The van der Waals surface area contributed by atoms with Gasteiger partial charge in [0, 0.05) is 30.3 Å². The Balaban J connectivity index is 2.12. The zero-order valence-corrected chi connectivity index (χ0v) is 13.3. The Labute approximate surface area is 132 Å². The van der Waals surface area contributed by atoms with Gasteiger partial charge in [-0.25, -0.2) is 4.79 Å². The molecular formula is C14H21F3N4O2. The second-order valence-electron chi connectivity index (χ2n) is 6.17. The van der Waals surface area contributed by atoms with E-state index in [9.17, 15) is 23.1 Å². The first-order valence-electron chi connectivity index (χ1n) is 7.32. The number of aromatic nitrogens is 2. The summed E-state index contributed by atoms with van der Waals surface area (Å²) in [4.78, 5) is 11.9. The number of aliphatic hydroxyl groups is 1. The van der Waals surface area contributed by atoms with Crippen LogP contribution in [0, 0.1) is 19.3 Å². The van der Waals surface area contributed by atoms with Crippen molar-refractivity contribution in [2.24, 2.45) is 12.5 Å². The van der Waals surface area contributed by atoms with Gasteiger partial charge in [0.2, 0.25) is 0 Å². The molecule has 23 heavy (non-hydrogen) atoms. The van der Waals surface area contributed by atoms with Gasteiger partial charge in [0.15, 0.2) is 6.04 Å². The molecule has 1 aromatic rings. The molecule has 1 aromatic heterocycles. The summed E-state index contributed by atoms with van der Waals surface area (Å²) in [5.41, 5.74) is 0.157. The number of urea groups is 1. The Bertz CT molecular complexity index is 594. The first-order chi connectivity index (χ1) is 10.6. The summed E-state index contributed by atoms with van der Waals surface area (Å²) >= 11 is 0. The summed E-state index contributed by atoms with van der Waals surface area (Å²) in [6.07, 6.45) is -3.12. The normalized spacial score (nSPS) is 17.7. The number of carbonyl (C=O) groups is 1. The molecule has 6 nitrogen and oxygen atoms in total. The lowest BCUT2D eigenvalue weighted by Gasteiger charge is -2.23. The van der Waals surface area contributed by atoms with Gasteiger partial charge in [0.25, 0.3) is 0 Å². The van der Waals surface area contributed by atoms with Gasteiger partial charge >= 0.3 is 12.2 Å². The molecule has 1 aliphatic carbocycles. The van der Waals surface area contributed by atoms with Crippen LogP contribution in [0.1, 0.15) is 35.8 Å². The monoisotopic (exact) mass is 334 g/mol. The molecule has 0 aliphatic heterocycles. The number of alkyl halides is 3. The lowest BCUT2D eigenvalue weighted by Crippen LogP contribution is -2.45. The highest BCUT2D eigenvalue weighted by molar-refractivity contribution is 5.74. The number of rotatable bonds is 5. The number of halogens is 3. The highest BCUT2D eigenvalue weighted by Gasteiger charge is 2.45. The molecule has 0 saturated heterocycles. The number of carbonyl (C=O) groups excluding carboxylic acids is 1. The Morgan fingerprint density at radius 2 is 2.04 bits per heavy atom. The van der Waals surface area contributed by atoms with Gasteiger partial charge in [-0.2, -0.15) is 18.3 Å². The van der Waals surface area contributed by atoms with Crippen LogP contribution in [0.2, 0.25) is 0 Å². The van der Waals surface area contributed by atoms with E-state index in [0.29, 0.717) is 5.69 Å². The number of hydrogen-bond acceptors (Lipinski definition) is 3. The number of amides is 2. The summed E-state index contributed by atoms with van der Waals surface area (Å²) in [7, 11) is 1.55. The predicted octanol–water partition coefficient (Wildman–Crippen LogP) is 1.71. The van der Waals surface area contributed by atoms with Gasteiger partial charge in [-0.1, -0.05) is 0 Å². The Kier molecular flexibility index (Phi) is 4.61. The summed E-state index contributed by atoms with van der Waals surface area (Å²) in [6, 6.07) is -3.03. The van der Waals surface area contributed by atoms with Crippen LogP contribution in [0.25, 0.3) is 0 Å². The number of aliphatic hydroxyl groups excluding tert-OH is 1. The molecule has 1 unspecified atom stereocenters. The molecule has 1 atom stereocenters. The van der Waals surface area contributed by atoms with Crippen LogP contribution in [-0.4, -0.2) is 40.2 Å². The topological polar surface area (TPSA) is 79.2 Å². The molecule has 1 heterocycles. The van der Waals surface area contributed by atoms with Gasteiger partial charge in [-0.05, 0) is 26.7 Å². The lowest BCUT2D eigenvalue weighted by atomic mass is 10.0. The second kappa shape index (κ2) is 6.03. The van der Waals surface area contributed by atoms with Crippen LogP contribution in [0.5, 0.6) is 0 Å². The van der Waals surface area contributed by atoms with Crippen molar-refractivity contribution >= 4 is 6.03 Å². The fraction of sp³-hybridized carbons (Fsp3) is 0.714. The fourth-order valence-corrected chi connectivity index (χ4v) is 2.54. The van der Waals surface area contributed by atoms with Gasteiger partial charge in [0.05, 0.1) is 12.3 Å². The molecule has 1 saturated carbocycles. The molecule has 0 spiro atoms. The smallest absolute Gasteiger partial charge is 0.396 e. The van der Waals surface area contributed by atoms with Crippen LogP contribution in [0.4, 0.5) is 18.0 Å². The molecule has 0 radical (unpaired) electrons. The second-order valence-corrected chi connectivity index (χ2v) is 6.17. The van der Waals surface area contributed by atoms with Gasteiger partial charge in [-0.3, -0.25) is 4.68 Å². The van der Waals surface area contributed by atoms with E-state index in [2.05, 4.69) is 10.4 Å². The molecule has 9 heteroatoms. The summed E-state index contributed by atoms with van der Waals surface area (Å²) in [5.74, 6) is 0. The van der Waals surface area contributed by atoms with Gasteiger partial charge < -0.3 is 15.7 Å². The van der Waals surface area contributed by atoms with Crippen molar-refractivity contribution in [1.29, 1.82) is 0 Å². The highest BCUT2D eigenvalue weighted by atomic mass is 19.4. The molecule has 0 bridgehead atoms. The maximum atomic E-state index is 13.4. The molecule has 3 N–H and O–H groups in total. The van der Waals surface area contributed by atoms with E-state index >= 15 is 0 Å². The van der Waals surface area contributed by atoms with E-state index in [1.54, 1.807) is 7.05 Å². The minimum Gasteiger partial charge on any atom is -0.396 e. The third kappa shape index (κ3) is 3.77. The van der Waals surface area contributed by atoms with Crippen LogP contribution >= 0.6 is 0 Å². The SMILES string of the molecule is Cc1nn(C)c(C)c1C(NC(=O)NCC1(CO)CC1)C(F)(F)F. The molecule has 130 valence electrons. The van der Waals surface area contributed by atoms with Crippen LogP contribution in [0.15, 0.2) is 0 Å². The van der Waals surface area contributed by atoms with Crippen molar-refractivity contribution < 1.29 is 23.1 Å². The van der Waals surface area contributed by atoms with Crippen molar-refractivity contribution in [2.45, 2.75) is 38.9 Å². The van der Waals surface area contributed by atoms with E-state index in [0.717, 1.165) is 12.8 Å². The number of aryl methyl sites for hydroxylation is 2. The zero-order chi connectivity index (χ0) is 17.4. The average molecular weight is 334 g/mol. The zero-order valence-electron chi connectivity index (χ0n) is 13.3. The van der Waals surface area contributed by atoms with Crippen molar-refractivity contribution in [2.75, 3.05) is 13.2 Å². The van der Waals surface area contributed by atoms with E-state index in [-0.39, 0.29) is 29.8 Å². The maximum absolute atomic E-state index is 13.4. The van der Waals surface area contributed by atoms with Gasteiger partial charge in [-0.15, -0.1) is 0 Å². The molecule has 0 aromatic carbocycles. The molecule has 1 aliphatic rings. The van der Waals surface area contributed by atoms with Crippen molar-refractivity contribution in [3.05, 3.63) is 17.0 Å². The largest absolute Gasteiger partial charge is 0.413 e. The third-order valence-electron chi connectivity index (χ3n) is 4.37. The van der Waals surface area contributed by atoms with E-state index in [1.807, 2.05) is 5.32 Å². The lowest BCUT2D eigenvalue weighted by molar-refractivity contribution is -0.155. The minimum atomic E-state index is -4.63. The number of nitrogens with one attached hydrogen (secondary N) is 2. The Morgan fingerprint density at radius 3 is 2.43 bits per heavy atom. The molecular weight excluding hydrogens is 313 g/mol. The van der Waals surface area contributed by atoms with Crippen LogP contribution in [-0.2, 0) is 7.05 Å². The van der Waals surface area contributed by atoms with E-state index in [4.69, 9.17) is 0 Å². The molecule has 2 rings (SSSR count). The van der Waals surface area contributed by atoms with Crippen molar-refractivity contribution in [3.8, 4) is 0 Å². The van der Waals surface area contributed by atoms with Gasteiger partial charge in [0.1, 0.15) is 0 Å². The Morgan fingerprint density at radius 1 is 1.43 bits per heavy atom. The predicted molar refractivity (Wildman–Crippen MR) is 76.8 cm³/mol. The standard InChI is InChI=1S/C14H21F3N4O2/c1-8-10(9(2)21(3)20-8)11(14(15,16)17)19-12(23)18-6-13(7-22)4-5-13/h11,22H,4-7H2,1-3H3,(H2,18,19,23). The minimum absolute atomic E-state index is 0.0431. The quantitative estimate of drug-likeness (QED) is 0.767. The summed E-state index contributed by atoms with van der Waals surface area (Å²) in [5, 5.41) is 17.5. The van der Waals surface area contributed by atoms with Crippen LogP contribution < -0.4 is 10.6 Å². The van der Waals surface area contributed by atoms with E-state index in [1.165, 1.54) is 18.5 Å². The Hall–Kier alpha value is -1.77. The highest BCUT2D eigenvalue weighted by Crippen LogP contribution is 2.44. The number of hydrogen-bond donors (Lipinski definition) is 3. The first kappa shape index (κ1) is 17.6. The fourth-order valence-electron chi connectivity index (χ4n) is 2.54. The maximum Gasteiger partial charge on any atom is 0.413 e. The van der Waals surface area contributed by atoms with Crippen molar-refractivity contribution in [3.63, 3.8) is 0 Å².